The Morgan fingerprint density at radius 3 is 2.46 bits per heavy atom. The van der Waals surface area contributed by atoms with Crippen molar-refractivity contribution >= 4 is 0 Å². The average Bonchev–Trinajstić information content (AvgIpc) is 1.99. The minimum absolute atomic E-state index is 0.604. The maximum Gasteiger partial charge on any atom is 0.0462 e. The van der Waals surface area contributed by atoms with Gasteiger partial charge in [0.05, 0.1) is 0 Å². The Bertz CT molecular complexity index is 141. The molecule has 0 saturated carbocycles. The van der Waals surface area contributed by atoms with Gasteiger partial charge in [0, 0.05) is 26.8 Å². The van der Waals surface area contributed by atoms with Gasteiger partial charge in [-0.3, -0.25) is 0 Å². The second kappa shape index (κ2) is 4.97. The lowest BCUT2D eigenvalue weighted by Gasteiger charge is -2.44. The molecule has 0 spiro atoms. The molecule has 1 fully saturated rings. The van der Waals surface area contributed by atoms with Crippen LogP contribution in [0.1, 0.15) is 33.1 Å². The Hall–Kier alpha value is -0.0800. The van der Waals surface area contributed by atoms with Crippen molar-refractivity contribution in [2.45, 2.75) is 33.1 Å². The Balaban J connectivity index is 2.23. The maximum absolute atomic E-state index is 5.09. The highest BCUT2D eigenvalue weighted by Crippen LogP contribution is 2.35. The van der Waals surface area contributed by atoms with Crippen LogP contribution >= 0.6 is 0 Å². The molecule has 13 heavy (non-hydrogen) atoms. The SMILES string of the molecule is COCCCC1(CC(C)C)CNC1. The van der Waals surface area contributed by atoms with Crippen LogP contribution in [0, 0.1) is 11.3 Å². The van der Waals surface area contributed by atoms with Crippen LogP contribution in [0.2, 0.25) is 0 Å². The van der Waals surface area contributed by atoms with Gasteiger partial charge < -0.3 is 10.1 Å². The molecule has 0 bridgehead atoms. The van der Waals surface area contributed by atoms with Crippen molar-refractivity contribution in [1.82, 2.24) is 5.32 Å². The number of hydrogen-bond acceptors (Lipinski definition) is 2. The zero-order valence-electron chi connectivity index (χ0n) is 9.23. The molecule has 1 saturated heterocycles. The van der Waals surface area contributed by atoms with Crippen LogP contribution in [0.25, 0.3) is 0 Å². The molecule has 1 heterocycles. The van der Waals surface area contributed by atoms with E-state index in [-0.39, 0.29) is 0 Å². The van der Waals surface area contributed by atoms with Gasteiger partial charge in [-0.2, -0.15) is 0 Å². The highest BCUT2D eigenvalue weighted by molar-refractivity contribution is 4.92. The lowest BCUT2D eigenvalue weighted by Crippen LogP contribution is -2.54. The maximum atomic E-state index is 5.09. The summed E-state index contributed by atoms with van der Waals surface area (Å²) in [6.07, 6.45) is 3.90. The van der Waals surface area contributed by atoms with Crippen LogP contribution in [0.3, 0.4) is 0 Å². The summed E-state index contributed by atoms with van der Waals surface area (Å²) >= 11 is 0. The first-order chi connectivity index (χ1) is 6.18. The summed E-state index contributed by atoms with van der Waals surface area (Å²) in [5, 5.41) is 3.39. The molecule has 0 aromatic carbocycles. The lowest BCUT2D eigenvalue weighted by atomic mass is 9.72. The molecule has 0 atom stereocenters. The molecule has 0 aliphatic carbocycles. The third-order valence-electron chi connectivity index (χ3n) is 2.90. The molecule has 1 aliphatic rings. The fraction of sp³-hybridized carbons (Fsp3) is 1.00. The van der Waals surface area contributed by atoms with E-state index in [0.717, 1.165) is 12.5 Å². The third-order valence-corrected chi connectivity index (χ3v) is 2.90. The summed E-state index contributed by atoms with van der Waals surface area (Å²) in [6, 6.07) is 0. The van der Waals surface area contributed by atoms with Crippen LogP contribution in [-0.4, -0.2) is 26.8 Å². The van der Waals surface area contributed by atoms with Crippen LogP contribution in [0.5, 0.6) is 0 Å². The molecule has 0 aromatic heterocycles. The zero-order valence-corrected chi connectivity index (χ0v) is 9.23. The quantitative estimate of drug-likeness (QED) is 0.639. The van der Waals surface area contributed by atoms with Crippen LogP contribution < -0.4 is 5.32 Å². The van der Waals surface area contributed by atoms with Gasteiger partial charge >= 0.3 is 0 Å². The minimum atomic E-state index is 0.604. The van der Waals surface area contributed by atoms with Gasteiger partial charge in [-0.1, -0.05) is 13.8 Å². The molecule has 0 radical (unpaired) electrons. The predicted molar refractivity (Wildman–Crippen MR) is 55.9 cm³/mol. The molecule has 0 aromatic rings. The van der Waals surface area contributed by atoms with Crippen molar-refractivity contribution in [3.8, 4) is 0 Å². The van der Waals surface area contributed by atoms with Crippen molar-refractivity contribution < 1.29 is 4.74 Å². The molecule has 2 heteroatoms. The van der Waals surface area contributed by atoms with Crippen molar-refractivity contribution in [1.29, 1.82) is 0 Å². The van der Waals surface area contributed by atoms with E-state index < -0.39 is 0 Å². The second-order valence-electron chi connectivity index (χ2n) is 4.80. The van der Waals surface area contributed by atoms with E-state index in [9.17, 15) is 0 Å². The topological polar surface area (TPSA) is 21.3 Å². The first-order valence-corrected chi connectivity index (χ1v) is 5.38. The summed E-state index contributed by atoms with van der Waals surface area (Å²) in [4.78, 5) is 0. The van der Waals surface area contributed by atoms with Crippen molar-refractivity contribution in [3.63, 3.8) is 0 Å². The standard InChI is InChI=1S/C11H23NO/c1-10(2)7-11(8-12-9-11)5-4-6-13-3/h10,12H,4-9H2,1-3H3. The van der Waals surface area contributed by atoms with Gasteiger partial charge in [0.15, 0.2) is 0 Å². The summed E-state index contributed by atoms with van der Waals surface area (Å²) in [5.41, 5.74) is 0.604. The monoisotopic (exact) mass is 185 g/mol. The van der Waals surface area contributed by atoms with Gasteiger partial charge in [0.2, 0.25) is 0 Å². The van der Waals surface area contributed by atoms with Crippen molar-refractivity contribution in [2.24, 2.45) is 11.3 Å². The van der Waals surface area contributed by atoms with Gasteiger partial charge in [-0.05, 0) is 30.6 Å². The first-order valence-electron chi connectivity index (χ1n) is 5.38. The van der Waals surface area contributed by atoms with Crippen molar-refractivity contribution in [2.75, 3.05) is 26.8 Å². The van der Waals surface area contributed by atoms with Gasteiger partial charge in [0.25, 0.3) is 0 Å². The minimum Gasteiger partial charge on any atom is -0.385 e. The van der Waals surface area contributed by atoms with Crippen LogP contribution in [-0.2, 0) is 4.74 Å². The van der Waals surface area contributed by atoms with Crippen LogP contribution in [0.4, 0.5) is 0 Å². The van der Waals surface area contributed by atoms with E-state index in [0.29, 0.717) is 5.41 Å². The summed E-state index contributed by atoms with van der Waals surface area (Å²) < 4.78 is 5.09. The Kier molecular flexibility index (Phi) is 4.20. The first kappa shape index (κ1) is 11.0. The molecular formula is C11H23NO. The molecule has 2 nitrogen and oxygen atoms in total. The number of nitrogens with one attached hydrogen (secondary N) is 1. The Morgan fingerprint density at radius 2 is 2.08 bits per heavy atom. The number of methoxy groups -OCH3 is 1. The van der Waals surface area contributed by atoms with Crippen LogP contribution in [0.15, 0.2) is 0 Å². The fourth-order valence-electron chi connectivity index (χ4n) is 2.36. The highest BCUT2D eigenvalue weighted by Gasteiger charge is 2.36. The number of ether oxygens (including phenoxy) is 1. The lowest BCUT2D eigenvalue weighted by molar-refractivity contribution is 0.0965. The number of rotatable bonds is 6. The van der Waals surface area contributed by atoms with E-state index in [1.54, 1.807) is 7.11 Å². The zero-order chi connectivity index (χ0) is 9.73. The second-order valence-corrected chi connectivity index (χ2v) is 4.80. The highest BCUT2D eigenvalue weighted by atomic mass is 16.5. The fourth-order valence-corrected chi connectivity index (χ4v) is 2.36. The average molecular weight is 185 g/mol. The largest absolute Gasteiger partial charge is 0.385 e. The molecule has 0 unspecified atom stereocenters. The summed E-state index contributed by atoms with van der Waals surface area (Å²) in [5.74, 6) is 0.824. The molecule has 78 valence electrons. The van der Waals surface area contributed by atoms with Gasteiger partial charge in [-0.15, -0.1) is 0 Å². The molecule has 1 rings (SSSR count). The van der Waals surface area contributed by atoms with E-state index in [4.69, 9.17) is 4.74 Å². The molecule has 0 amide bonds. The van der Waals surface area contributed by atoms with E-state index in [1.807, 2.05) is 0 Å². The molecular weight excluding hydrogens is 162 g/mol. The summed E-state index contributed by atoms with van der Waals surface area (Å²) in [7, 11) is 1.79. The van der Waals surface area contributed by atoms with Gasteiger partial charge in [0.1, 0.15) is 0 Å². The molecule has 1 aliphatic heterocycles. The van der Waals surface area contributed by atoms with E-state index in [1.165, 1.54) is 32.4 Å². The predicted octanol–water partition coefficient (Wildman–Crippen LogP) is 2.05. The smallest absolute Gasteiger partial charge is 0.0462 e. The number of hydrogen-bond donors (Lipinski definition) is 1. The Labute approximate surface area is 82.0 Å². The molecule has 1 N–H and O–H groups in total. The van der Waals surface area contributed by atoms with Gasteiger partial charge in [-0.25, -0.2) is 0 Å². The van der Waals surface area contributed by atoms with E-state index in [2.05, 4.69) is 19.2 Å². The van der Waals surface area contributed by atoms with Crippen molar-refractivity contribution in [3.05, 3.63) is 0 Å². The normalized spacial score (nSPS) is 20.3. The summed E-state index contributed by atoms with van der Waals surface area (Å²) in [6.45, 7) is 7.98. The Morgan fingerprint density at radius 1 is 1.38 bits per heavy atom. The van der Waals surface area contributed by atoms with E-state index >= 15 is 0 Å². The third kappa shape index (κ3) is 3.28.